The highest BCUT2D eigenvalue weighted by atomic mass is 16.5. The van der Waals surface area contributed by atoms with Gasteiger partial charge in [-0.25, -0.2) is 0 Å². The van der Waals surface area contributed by atoms with Crippen LogP contribution in [0, 0.1) is 42.4 Å². The van der Waals surface area contributed by atoms with Gasteiger partial charge in [0.1, 0.15) is 6.10 Å². The van der Waals surface area contributed by atoms with E-state index in [9.17, 15) is 19.8 Å². The Morgan fingerprint density at radius 2 is 1.85 bits per heavy atom. The number of carbonyl (C=O) groups excluding carboxylic acids is 2. The summed E-state index contributed by atoms with van der Waals surface area (Å²) in [5.41, 5.74) is 1.13. The topological polar surface area (TPSA) is 95.9 Å². The van der Waals surface area contributed by atoms with Crippen LogP contribution in [0.25, 0.3) is 0 Å². The van der Waals surface area contributed by atoms with E-state index < -0.39 is 30.2 Å². The third-order valence-electron chi connectivity index (χ3n) is 7.08. The average molecular weight is 534 g/mol. The molecule has 39 heavy (non-hydrogen) atoms. The number of hydrogen-bond acceptors (Lipinski definition) is 5. The quantitative estimate of drug-likeness (QED) is 0.127. The van der Waals surface area contributed by atoms with Crippen molar-refractivity contribution in [1.82, 2.24) is 5.32 Å². The van der Waals surface area contributed by atoms with Gasteiger partial charge in [0.15, 0.2) is 0 Å². The summed E-state index contributed by atoms with van der Waals surface area (Å²) in [7, 11) is 0. The number of aryl methyl sites for hydroxylation is 1. The Morgan fingerprint density at radius 1 is 1.13 bits per heavy atom. The largest absolute Gasteiger partial charge is 0.458 e. The van der Waals surface area contributed by atoms with E-state index in [1.165, 1.54) is 0 Å². The van der Waals surface area contributed by atoms with Gasteiger partial charge in [0, 0.05) is 38.1 Å². The van der Waals surface area contributed by atoms with Crippen molar-refractivity contribution in [2.75, 3.05) is 6.54 Å². The Balaban J connectivity index is 2.06. The highest BCUT2D eigenvalue weighted by Gasteiger charge is 2.39. The number of terminal acetylenes is 2. The van der Waals surface area contributed by atoms with Gasteiger partial charge in [-0.05, 0) is 56.6 Å². The predicted molar refractivity (Wildman–Crippen MR) is 154 cm³/mol. The highest BCUT2D eigenvalue weighted by molar-refractivity contribution is 5.75. The second kappa shape index (κ2) is 18.1. The van der Waals surface area contributed by atoms with Gasteiger partial charge in [0.05, 0.1) is 18.1 Å². The zero-order valence-corrected chi connectivity index (χ0v) is 23.0. The molecule has 1 saturated carbocycles. The first-order valence-electron chi connectivity index (χ1n) is 14.0. The van der Waals surface area contributed by atoms with E-state index in [1.54, 1.807) is 0 Å². The van der Waals surface area contributed by atoms with Crippen LogP contribution in [-0.4, -0.2) is 46.9 Å². The molecule has 6 nitrogen and oxygen atoms in total. The molecule has 0 bridgehead atoms. The van der Waals surface area contributed by atoms with E-state index >= 15 is 0 Å². The molecule has 2 rings (SSSR count). The third-order valence-corrected chi connectivity index (χ3v) is 7.08. The van der Waals surface area contributed by atoms with E-state index in [-0.39, 0.29) is 30.6 Å². The van der Waals surface area contributed by atoms with E-state index in [0.29, 0.717) is 38.6 Å². The fourth-order valence-electron chi connectivity index (χ4n) is 4.91. The highest BCUT2D eigenvalue weighted by Crippen LogP contribution is 2.36. The number of benzene rings is 1. The monoisotopic (exact) mass is 533 g/mol. The van der Waals surface area contributed by atoms with Gasteiger partial charge in [-0.2, -0.15) is 0 Å². The maximum absolute atomic E-state index is 12.9. The van der Waals surface area contributed by atoms with Crippen LogP contribution in [0.15, 0.2) is 54.6 Å². The first-order valence-corrected chi connectivity index (χ1v) is 14.0. The molecule has 0 unspecified atom stereocenters. The molecule has 0 radical (unpaired) electrons. The smallest absolute Gasteiger partial charge is 0.311 e. The number of hydrogen-bond donors (Lipinski definition) is 3. The number of allylic oxidation sites excluding steroid dienone is 2. The number of aliphatic hydroxyl groups is 2. The van der Waals surface area contributed by atoms with Gasteiger partial charge in [0.2, 0.25) is 5.91 Å². The zero-order chi connectivity index (χ0) is 28.5. The molecule has 1 aliphatic carbocycles. The number of ether oxygens (including phenoxy) is 1. The number of nitrogens with one attached hydrogen (secondary N) is 1. The third kappa shape index (κ3) is 11.5. The Bertz CT molecular complexity index is 1000. The van der Waals surface area contributed by atoms with Crippen molar-refractivity contribution in [1.29, 1.82) is 0 Å². The van der Waals surface area contributed by atoms with Crippen molar-refractivity contribution < 1.29 is 24.5 Å². The number of aliphatic hydroxyl groups excluding tert-OH is 2. The van der Waals surface area contributed by atoms with Gasteiger partial charge in [-0.15, -0.1) is 24.7 Å². The summed E-state index contributed by atoms with van der Waals surface area (Å²) in [5, 5.41) is 24.1. The number of esters is 1. The maximum Gasteiger partial charge on any atom is 0.311 e. The van der Waals surface area contributed by atoms with Crippen molar-refractivity contribution in [2.45, 2.75) is 83.0 Å². The van der Waals surface area contributed by atoms with Gasteiger partial charge >= 0.3 is 5.97 Å². The SMILES string of the molecule is C#CCC(CC#C)C(=O)O[C@H](/C=C/[C@@H]1[C@@H](C/C=C\CCCC(=O)NCC)[C@@H](O)C[C@H]1O)CCc1ccccc1. The maximum atomic E-state index is 12.9. The standard InChI is InChI=1S/C33H43NO5/c1-4-14-26(15-5-2)33(38)39-27(21-20-25-16-10-9-11-17-25)22-23-29-28(30(35)24-31(29)36)18-12-7-8-13-19-32(37)34-6-3/h1-2,7,9-12,16-17,22-23,26-31,35-36H,6,8,13-15,18-21,24H2,3H3,(H,34,37)/b12-7-,23-22+/t27-,28+,29+,30-,31+/m0/s1. The van der Waals surface area contributed by atoms with Gasteiger partial charge in [-0.3, -0.25) is 9.59 Å². The fraction of sp³-hybridized carbons (Fsp3) is 0.515. The average Bonchev–Trinajstić information content (AvgIpc) is 3.19. The molecular weight excluding hydrogens is 490 g/mol. The van der Waals surface area contributed by atoms with Crippen molar-refractivity contribution in [2.24, 2.45) is 17.8 Å². The fourth-order valence-corrected chi connectivity index (χ4v) is 4.91. The second-order valence-corrected chi connectivity index (χ2v) is 10.1. The van der Waals surface area contributed by atoms with Crippen molar-refractivity contribution in [3.63, 3.8) is 0 Å². The molecule has 0 heterocycles. The van der Waals surface area contributed by atoms with Crippen molar-refractivity contribution in [3.05, 3.63) is 60.2 Å². The summed E-state index contributed by atoms with van der Waals surface area (Å²) >= 11 is 0. The molecule has 3 N–H and O–H groups in total. The van der Waals surface area contributed by atoms with Crippen molar-refractivity contribution in [3.8, 4) is 24.7 Å². The van der Waals surface area contributed by atoms with Gasteiger partial charge < -0.3 is 20.3 Å². The van der Waals surface area contributed by atoms with Crippen LogP contribution in [0.1, 0.15) is 63.9 Å². The van der Waals surface area contributed by atoms with Crippen molar-refractivity contribution >= 4 is 11.9 Å². The lowest BCUT2D eigenvalue weighted by Gasteiger charge is -2.22. The Morgan fingerprint density at radius 3 is 2.51 bits per heavy atom. The molecule has 0 saturated heterocycles. The van der Waals surface area contributed by atoms with Gasteiger partial charge in [-0.1, -0.05) is 48.6 Å². The molecule has 1 aromatic carbocycles. The van der Waals surface area contributed by atoms with Crippen LogP contribution >= 0.6 is 0 Å². The normalized spacial score (nSPS) is 21.6. The zero-order valence-electron chi connectivity index (χ0n) is 23.0. The Labute approximate surface area is 233 Å². The molecule has 1 aromatic rings. The summed E-state index contributed by atoms with van der Waals surface area (Å²) in [6, 6.07) is 9.94. The lowest BCUT2D eigenvalue weighted by molar-refractivity contribution is -0.151. The minimum Gasteiger partial charge on any atom is -0.458 e. The van der Waals surface area contributed by atoms with E-state index in [0.717, 1.165) is 18.4 Å². The lowest BCUT2D eigenvalue weighted by atomic mass is 9.89. The predicted octanol–water partition coefficient (Wildman–Crippen LogP) is 4.36. The minimum atomic E-state index is -0.687. The van der Waals surface area contributed by atoms with E-state index in [1.807, 2.05) is 61.6 Å². The van der Waals surface area contributed by atoms with Crippen LogP contribution in [0.4, 0.5) is 0 Å². The molecule has 0 spiro atoms. The van der Waals surface area contributed by atoms with Crippen LogP contribution in [0.5, 0.6) is 0 Å². The molecular formula is C33H43NO5. The number of rotatable bonds is 16. The molecule has 6 heteroatoms. The molecule has 0 aliphatic heterocycles. The molecule has 1 fully saturated rings. The van der Waals surface area contributed by atoms with E-state index in [4.69, 9.17) is 17.6 Å². The van der Waals surface area contributed by atoms with Gasteiger partial charge in [0.25, 0.3) is 0 Å². The first-order chi connectivity index (χ1) is 18.9. The first kappa shape index (κ1) is 31.9. The molecule has 1 amide bonds. The van der Waals surface area contributed by atoms with Crippen LogP contribution in [-0.2, 0) is 20.7 Å². The molecule has 1 aliphatic rings. The Hall–Kier alpha value is -3.32. The summed E-state index contributed by atoms with van der Waals surface area (Å²) in [6.45, 7) is 2.53. The summed E-state index contributed by atoms with van der Waals surface area (Å²) < 4.78 is 5.85. The lowest BCUT2D eigenvalue weighted by Crippen LogP contribution is -2.25. The molecule has 210 valence electrons. The summed E-state index contributed by atoms with van der Waals surface area (Å²) in [6.07, 6.45) is 21.4. The number of amides is 1. The summed E-state index contributed by atoms with van der Waals surface area (Å²) in [5.74, 6) is 3.64. The van der Waals surface area contributed by atoms with Crippen LogP contribution < -0.4 is 5.32 Å². The minimum absolute atomic E-state index is 0.0536. The molecule has 0 aromatic heterocycles. The van der Waals surface area contributed by atoms with Crippen LogP contribution in [0.3, 0.4) is 0 Å². The van der Waals surface area contributed by atoms with Crippen LogP contribution in [0.2, 0.25) is 0 Å². The number of unbranched alkanes of at least 4 members (excludes halogenated alkanes) is 1. The molecule has 5 atom stereocenters. The number of carbonyl (C=O) groups is 2. The second-order valence-electron chi connectivity index (χ2n) is 10.1. The Kier molecular flexibility index (Phi) is 14.8. The van der Waals surface area contributed by atoms with E-state index in [2.05, 4.69) is 17.2 Å². The summed E-state index contributed by atoms with van der Waals surface area (Å²) in [4.78, 5) is 24.4.